The number of ether oxygens (including phenoxy) is 3. The van der Waals surface area contributed by atoms with Crippen molar-refractivity contribution in [2.45, 2.75) is 79.8 Å². The molecule has 2 aromatic rings. The number of methoxy groups -OCH3 is 3. The number of hydrogen-bond donors (Lipinski definition) is 0. The van der Waals surface area contributed by atoms with Crippen LogP contribution in [0, 0.1) is 5.92 Å². The monoisotopic (exact) mass is 498 g/mol. The minimum absolute atomic E-state index is 0.125. The number of ketones is 1. The molecule has 0 aliphatic carbocycles. The Morgan fingerprint density at radius 2 is 1.69 bits per heavy atom. The first-order chi connectivity index (χ1) is 17.0. The number of allylic oxidation sites excluding steroid dienone is 4. The maximum Gasteiger partial charge on any atom is 0.336 e. The van der Waals surface area contributed by atoms with E-state index in [1.165, 1.54) is 24.3 Å². The van der Waals surface area contributed by atoms with Crippen molar-refractivity contribution in [2.24, 2.45) is 5.92 Å². The van der Waals surface area contributed by atoms with Gasteiger partial charge in [0.05, 0.1) is 25.7 Å². The number of benzene rings is 1. The van der Waals surface area contributed by atoms with Crippen molar-refractivity contribution < 1.29 is 23.4 Å². The van der Waals surface area contributed by atoms with Crippen LogP contribution in [0.25, 0.3) is 11.0 Å². The van der Waals surface area contributed by atoms with Crippen molar-refractivity contribution in [3.63, 3.8) is 0 Å². The zero-order valence-electron chi connectivity index (χ0n) is 23.4. The molecule has 6 heteroatoms. The fraction of sp³-hybridized carbons (Fsp3) is 0.533. The highest BCUT2D eigenvalue weighted by Crippen LogP contribution is 2.43. The first-order valence-electron chi connectivity index (χ1n) is 12.6. The molecule has 1 aromatic carbocycles. The Hall–Kier alpha value is -2.86. The molecule has 0 saturated heterocycles. The molecule has 1 aromatic heterocycles. The lowest BCUT2D eigenvalue weighted by Crippen LogP contribution is -2.15. The molecule has 0 bridgehead atoms. The average molecular weight is 499 g/mol. The molecule has 36 heavy (non-hydrogen) atoms. The summed E-state index contributed by atoms with van der Waals surface area (Å²) in [6.45, 7) is 12.2. The van der Waals surface area contributed by atoms with E-state index in [1.54, 1.807) is 14.2 Å². The van der Waals surface area contributed by atoms with E-state index in [9.17, 15) is 9.59 Å². The molecule has 1 atom stereocenters. The van der Waals surface area contributed by atoms with Gasteiger partial charge in [-0.3, -0.25) is 4.79 Å². The highest BCUT2D eigenvalue weighted by molar-refractivity contribution is 6.11. The maximum atomic E-state index is 13.5. The molecular formula is C30H42O6. The van der Waals surface area contributed by atoms with Gasteiger partial charge in [0, 0.05) is 25.2 Å². The van der Waals surface area contributed by atoms with Crippen molar-refractivity contribution in [3.05, 3.63) is 56.5 Å². The van der Waals surface area contributed by atoms with Crippen LogP contribution in [0.1, 0.15) is 82.3 Å². The van der Waals surface area contributed by atoms with Crippen LogP contribution in [-0.2, 0) is 17.6 Å². The van der Waals surface area contributed by atoms with Crippen LogP contribution in [0.15, 0.2) is 38.6 Å². The second-order valence-electron chi connectivity index (χ2n) is 10.1. The normalized spacial score (nSPS) is 12.7. The van der Waals surface area contributed by atoms with E-state index >= 15 is 0 Å². The molecule has 1 heterocycles. The highest BCUT2D eigenvalue weighted by Gasteiger charge is 2.29. The zero-order chi connectivity index (χ0) is 27.0. The summed E-state index contributed by atoms with van der Waals surface area (Å²) in [6, 6.07) is 1.47. The minimum atomic E-state index is -0.522. The molecule has 6 nitrogen and oxygen atoms in total. The number of hydrogen-bond acceptors (Lipinski definition) is 6. The Balaban J connectivity index is 2.86. The fourth-order valence-electron chi connectivity index (χ4n) is 4.36. The molecule has 0 spiro atoms. The second-order valence-corrected chi connectivity index (χ2v) is 10.1. The molecule has 0 saturated carbocycles. The molecule has 0 fully saturated rings. The third-order valence-corrected chi connectivity index (χ3v) is 6.21. The van der Waals surface area contributed by atoms with Crippen LogP contribution in [0.3, 0.4) is 0 Å². The highest BCUT2D eigenvalue weighted by atomic mass is 16.5. The lowest BCUT2D eigenvalue weighted by atomic mass is 9.91. The van der Waals surface area contributed by atoms with E-state index in [2.05, 4.69) is 32.9 Å². The van der Waals surface area contributed by atoms with Crippen LogP contribution in [0.5, 0.6) is 11.5 Å². The summed E-state index contributed by atoms with van der Waals surface area (Å²) in [5.74, 6) is 0.959. The summed E-state index contributed by atoms with van der Waals surface area (Å²) in [5, 5.41) is 0.625. The third kappa shape index (κ3) is 7.33. The number of Topliss-reactive ketones (excluding diaryl/α,β-unsaturated/α-hetero) is 1. The summed E-state index contributed by atoms with van der Waals surface area (Å²) >= 11 is 0. The van der Waals surface area contributed by atoms with Gasteiger partial charge in [-0.05, 0) is 64.9 Å². The Bertz CT molecular complexity index is 1180. The van der Waals surface area contributed by atoms with Crippen LogP contribution in [0.4, 0.5) is 0 Å². The first-order valence-corrected chi connectivity index (χ1v) is 12.6. The van der Waals surface area contributed by atoms with Gasteiger partial charge in [-0.2, -0.15) is 0 Å². The Kier molecular flexibility index (Phi) is 11.0. The first kappa shape index (κ1) is 29.4. The van der Waals surface area contributed by atoms with Crippen molar-refractivity contribution in [1.29, 1.82) is 0 Å². The predicted molar refractivity (Wildman–Crippen MR) is 146 cm³/mol. The minimum Gasteiger partial charge on any atom is -0.496 e. The zero-order valence-corrected chi connectivity index (χ0v) is 23.4. The summed E-state index contributed by atoms with van der Waals surface area (Å²) in [5.41, 5.74) is 4.02. The van der Waals surface area contributed by atoms with Gasteiger partial charge in [0.1, 0.15) is 17.1 Å². The third-order valence-electron chi connectivity index (χ3n) is 6.21. The van der Waals surface area contributed by atoms with Gasteiger partial charge in [0.2, 0.25) is 0 Å². The molecule has 0 aliphatic heterocycles. The topological polar surface area (TPSA) is 75.0 Å². The average Bonchev–Trinajstić information content (AvgIpc) is 2.80. The number of fused-ring (bicyclic) bond motifs is 1. The predicted octanol–water partition coefficient (Wildman–Crippen LogP) is 6.85. The van der Waals surface area contributed by atoms with Crippen molar-refractivity contribution in [2.75, 3.05) is 21.3 Å². The summed E-state index contributed by atoms with van der Waals surface area (Å²) in [4.78, 5) is 26.1. The van der Waals surface area contributed by atoms with Crippen molar-refractivity contribution >= 4 is 16.8 Å². The van der Waals surface area contributed by atoms with E-state index in [4.69, 9.17) is 18.6 Å². The van der Waals surface area contributed by atoms with Gasteiger partial charge in [-0.25, -0.2) is 4.79 Å². The van der Waals surface area contributed by atoms with Crippen molar-refractivity contribution in [3.8, 4) is 11.5 Å². The van der Waals surface area contributed by atoms with Gasteiger partial charge in [-0.15, -0.1) is 0 Å². The molecule has 198 valence electrons. The van der Waals surface area contributed by atoms with E-state index in [0.29, 0.717) is 41.7 Å². The molecule has 0 radical (unpaired) electrons. The summed E-state index contributed by atoms with van der Waals surface area (Å²) in [7, 11) is 4.76. The largest absolute Gasteiger partial charge is 0.496 e. The maximum absolute atomic E-state index is 13.5. The van der Waals surface area contributed by atoms with Gasteiger partial charge in [0.15, 0.2) is 11.4 Å². The van der Waals surface area contributed by atoms with Crippen LogP contribution < -0.4 is 15.1 Å². The van der Waals surface area contributed by atoms with Crippen LogP contribution >= 0.6 is 0 Å². The van der Waals surface area contributed by atoms with Crippen LogP contribution in [0.2, 0.25) is 0 Å². The van der Waals surface area contributed by atoms with Gasteiger partial charge in [0.25, 0.3) is 0 Å². The quantitative estimate of drug-likeness (QED) is 0.171. The van der Waals surface area contributed by atoms with E-state index < -0.39 is 5.63 Å². The molecule has 0 amide bonds. The Labute approximate surface area is 215 Å². The number of rotatable bonds is 13. The number of carbonyl (C=O) groups is 1. The lowest BCUT2D eigenvalue weighted by molar-refractivity contribution is 0.0965. The summed E-state index contributed by atoms with van der Waals surface area (Å²) in [6.07, 6.45) is 7.43. The molecular weight excluding hydrogens is 456 g/mol. The lowest BCUT2D eigenvalue weighted by Gasteiger charge is -2.21. The van der Waals surface area contributed by atoms with E-state index in [1.807, 2.05) is 20.8 Å². The summed E-state index contributed by atoms with van der Waals surface area (Å²) < 4.78 is 22.9. The van der Waals surface area contributed by atoms with Crippen molar-refractivity contribution in [1.82, 2.24) is 0 Å². The van der Waals surface area contributed by atoms with Gasteiger partial charge in [-0.1, -0.05) is 37.1 Å². The fourth-order valence-corrected chi connectivity index (χ4v) is 4.36. The smallest absolute Gasteiger partial charge is 0.336 e. The van der Waals surface area contributed by atoms with E-state index in [-0.39, 0.29) is 23.4 Å². The molecule has 1 unspecified atom stereocenters. The van der Waals surface area contributed by atoms with Gasteiger partial charge >= 0.3 is 5.63 Å². The standard InChI is InChI=1S/C30H42O6/c1-18(2)11-10-12-20(5)13-14-23-28(34-8)26-22(16-21(6)33-7)17-25(32)36-30(26)27(29(23)35-9)24(31)15-19(3)4/h11,13,17,19,21H,10,12,14-16H2,1-9H3/b20-13+. The number of carbonyl (C=O) groups excluding carboxylic acids is 1. The Morgan fingerprint density at radius 3 is 2.25 bits per heavy atom. The molecule has 0 aliphatic rings. The molecule has 2 rings (SSSR count). The van der Waals surface area contributed by atoms with Crippen LogP contribution in [-0.4, -0.2) is 33.2 Å². The van der Waals surface area contributed by atoms with E-state index in [0.717, 1.165) is 24.0 Å². The molecule has 0 N–H and O–H groups in total. The second kappa shape index (κ2) is 13.4. The van der Waals surface area contributed by atoms with Gasteiger partial charge < -0.3 is 18.6 Å². The Morgan fingerprint density at radius 1 is 1.03 bits per heavy atom. The SMILES string of the molecule is COc1c(C/C=C(\C)CCC=C(C)C)c(OC)c2c(CC(C)OC)cc(=O)oc2c1C(=O)CC(C)C.